The van der Waals surface area contributed by atoms with Crippen LogP contribution in [0, 0.1) is 0 Å². The van der Waals surface area contributed by atoms with E-state index in [9.17, 15) is 9.59 Å². The minimum absolute atomic E-state index is 0.228. The van der Waals surface area contributed by atoms with E-state index in [0.717, 1.165) is 0 Å². The van der Waals surface area contributed by atoms with Crippen LogP contribution in [0.1, 0.15) is 20.8 Å². The van der Waals surface area contributed by atoms with E-state index in [1.165, 1.54) is 0 Å². The molecule has 0 aromatic heterocycles. The molecule has 0 heterocycles. The summed E-state index contributed by atoms with van der Waals surface area (Å²) in [6.07, 6.45) is 0.801. The third kappa shape index (κ3) is 4.84. The Morgan fingerprint density at radius 1 is 1.46 bits per heavy atom. The van der Waals surface area contributed by atoms with Crippen molar-refractivity contribution >= 4 is 12.1 Å². The fraction of sp³-hybridized carbons (Fsp3) is 0.500. The molecule has 0 fully saturated rings. The van der Waals surface area contributed by atoms with Crippen molar-refractivity contribution in [1.82, 2.24) is 5.48 Å². The summed E-state index contributed by atoms with van der Waals surface area (Å²) in [6.45, 7) is 5.15. The van der Waals surface area contributed by atoms with Gasteiger partial charge in [-0.2, -0.15) is 0 Å². The second-order valence-corrected chi connectivity index (χ2v) is 2.18. The van der Waals surface area contributed by atoms with Crippen molar-refractivity contribution in [3.63, 3.8) is 0 Å². The first-order valence-electron chi connectivity index (χ1n) is 3.88. The van der Waals surface area contributed by atoms with Crippen molar-refractivity contribution in [1.29, 1.82) is 0 Å². The van der Waals surface area contributed by atoms with Gasteiger partial charge >= 0.3 is 12.1 Å². The molecule has 0 unspecified atom stereocenters. The lowest BCUT2D eigenvalue weighted by atomic mass is 10.3. The van der Waals surface area contributed by atoms with Crippen LogP contribution in [0.25, 0.3) is 0 Å². The lowest BCUT2D eigenvalue weighted by Gasteiger charge is -2.04. The van der Waals surface area contributed by atoms with E-state index in [4.69, 9.17) is 0 Å². The Labute approximate surface area is 76.7 Å². The minimum atomic E-state index is -0.778. The average molecular weight is 187 g/mol. The molecule has 0 aliphatic heterocycles. The first kappa shape index (κ1) is 11.5. The monoisotopic (exact) mass is 187 g/mol. The zero-order valence-corrected chi connectivity index (χ0v) is 7.92. The largest absolute Gasteiger partial charge is 0.448 e. The third-order valence-corrected chi connectivity index (χ3v) is 1.26. The molecule has 0 aromatic carbocycles. The van der Waals surface area contributed by atoms with Gasteiger partial charge in [0.25, 0.3) is 0 Å². The molecule has 0 bridgehead atoms. The number of hydroxylamine groups is 1. The topological polar surface area (TPSA) is 64.6 Å². The second kappa shape index (κ2) is 6.05. The van der Waals surface area contributed by atoms with E-state index in [-0.39, 0.29) is 6.61 Å². The lowest BCUT2D eigenvalue weighted by Crippen LogP contribution is -2.28. The van der Waals surface area contributed by atoms with Crippen LogP contribution in [0.15, 0.2) is 11.6 Å². The summed E-state index contributed by atoms with van der Waals surface area (Å²) in [4.78, 5) is 25.9. The molecule has 0 aromatic rings. The fourth-order valence-electron chi connectivity index (χ4n) is 0.447. The normalized spacial score (nSPS) is 10.5. The van der Waals surface area contributed by atoms with Gasteiger partial charge in [0.1, 0.15) is 0 Å². The maximum Gasteiger partial charge on any atom is 0.440 e. The standard InChI is InChI=1S/C8H13NO4/c1-4-6(3)7(10)13-9-8(11)12-5-2/h4H,5H2,1-3H3,(H,9,11). The highest BCUT2D eigenvalue weighted by molar-refractivity contribution is 5.88. The number of carbonyl (C=O) groups is 2. The molecule has 1 amide bonds. The number of rotatable bonds is 2. The summed E-state index contributed by atoms with van der Waals surface area (Å²) in [6, 6.07) is 0. The van der Waals surface area contributed by atoms with Gasteiger partial charge in [0.15, 0.2) is 0 Å². The first-order valence-corrected chi connectivity index (χ1v) is 3.88. The van der Waals surface area contributed by atoms with Crippen LogP contribution in [0.3, 0.4) is 0 Å². The van der Waals surface area contributed by atoms with Crippen LogP contribution in [0.4, 0.5) is 4.79 Å². The minimum Gasteiger partial charge on any atom is -0.448 e. The van der Waals surface area contributed by atoms with Gasteiger partial charge in [0.2, 0.25) is 0 Å². The van der Waals surface area contributed by atoms with Gasteiger partial charge in [-0.1, -0.05) is 6.08 Å². The van der Waals surface area contributed by atoms with Gasteiger partial charge in [0.05, 0.1) is 6.61 Å². The molecule has 0 rings (SSSR count). The number of hydrogen-bond donors (Lipinski definition) is 1. The molecular weight excluding hydrogens is 174 g/mol. The van der Waals surface area contributed by atoms with Crippen LogP contribution in [0.5, 0.6) is 0 Å². The van der Waals surface area contributed by atoms with Gasteiger partial charge in [-0.3, -0.25) is 0 Å². The molecule has 5 nitrogen and oxygen atoms in total. The zero-order chi connectivity index (χ0) is 10.3. The van der Waals surface area contributed by atoms with E-state index in [1.807, 2.05) is 5.48 Å². The molecule has 0 saturated heterocycles. The summed E-state index contributed by atoms with van der Waals surface area (Å²) in [5.41, 5.74) is 2.26. The summed E-state index contributed by atoms with van der Waals surface area (Å²) < 4.78 is 4.46. The number of hydrogen-bond acceptors (Lipinski definition) is 4. The van der Waals surface area contributed by atoms with Crippen LogP contribution >= 0.6 is 0 Å². The van der Waals surface area contributed by atoms with Gasteiger partial charge in [-0.05, 0) is 20.8 Å². The maximum atomic E-state index is 10.9. The highest BCUT2D eigenvalue weighted by Gasteiger charge is 2.07. The number of ether oxygens (including phenoxy) is 1. The van der Waals surface area contributed by atoms with Gasteiger partial charge < -0.3 is 9.57 Å². The Balaban J connectivity index is 3.77. The van der Waals surface area contributed by atoms with Crippen LogP contribution in [0.2, 0.25) is 0 Å². The van der Waals surface area contributed by atoms with Gasteiger partial charge in [-0.25, -0.2) is 9.59 Å². The Morgan fingerprint density at radius 2 is 2.08 bits per heavy atom. The van der Waals surface area contributed by atoms with Crippen molar-refractivity contribution in [2.24, 2.45) is 0 Å². The highest BCUT2D eigenvalue weighted by Crippen LogP contribution is 1.93. The number of nitrogens with one attached hydrogen (secondary N) is 1. The second-order valence-electron chi connectivity index (χ2n) is 2.18. The molecule has 0 radical (unpaired) electrons. The fourth-order valence-corrected chi connectivity index (χ4v) is 0.447. The Morgan fingerprint density at radius 3 is 2.54 bits per heavy atom. The quantitative estimate of drug-likeness (QED) is 0.520. The van der Waals surface area contributed by atoms with Gasteiger partial charge in [-0.15, -0.1) is 5.48 Å². The number of allylic oxidation sites excluding steroid dienone is 1. The molecule has 0 atom stereocenters. The Hall–Kier alpha value is -1.52. The van der Waals surface area contributed by atoms with Crippen molar-refractivity contribution in [2.75, 3.05) is 6.61 Å². The molecule has 0 saturated carbocycles. The predicted molar refractivity (Wildman–Crippen MR) is 45.7 cm³/mol. The summed E-state index contributed by atoms with van der Waals surface area (Å²) >= 11 is 0. The highest BCUT2D eigenvalue weighted by atomic mass is 16.7. The number of carbonyl (C=O) groups excluding carboxylic acids is 2. The lowest BCUT2D eigenvalue weighted by molar-refractivity contribution is -0.144. The molecule has 0 spiro atoms. The van der Waals surface area contributed by atoms with Crippen LogP contribution in [-0.4, -0.2) is 18.7 Å². The third-order valence-electron chi connectivity index (χ3n) is 1.26. The smallest absolute Gasteiger partial charge is 0.440 e. The van der Waals surface area contributed by atoms with E-state index >= 15 is 0 Å². The molecule has 1 N–H and O–H groups in total. The molecule has 5 heteroatoms. The van der Waals surface area contributed by atoms with Crippen LogP contribution in [-0.2, 0) is 14.4 Å². The zero-order valence-electron chi connectivity index (χ0n) is 7.92. The number of amides is 1. The van der Waals surface area contributed by atoms with E-state index in [2.05, 4.69) is 9.57 Å². The molecule has 0 aliphatic carbocycles. The summed E-state index contributed by atoms with van der Waals surface area (Å²) in [5, 5.41) is 0. The Kier molecular flexibility index (Phi) is 5.34. The van der Waals surface area contributed by atoms with Crippen molar-refractivity contribution in [3.8, 4) is 0 Å². The summed E-state index contributed by atoms with van der Waals surface area (Å²) in [7, 11) is 0. The first-order chi connectivity index (χ1) is 6.11. The van der Waals surface area contributed by atoms with E-state index < -0.39 is 12.1 Å². The Bertz CT molecular complexity index is 222. The molecular formula is C8H13NO4. The van der Waals surface area contributed by atoms with E-state index in [0.29, 0.717) is 5.57 Å². The maximum absolute atomic E-state index is 10.9. The predicted octanol–water partition coefficient (Wildman–Crippen LogP) is 1.16. The van der Waals surface area contributed by atoms with Crippen molar-refractivity contribution in [3.05, 3.63) is 11.6 Å². The average Bonchev–Trinajstić information content (AvgIpc) is 2.13. The van der Waals surface area contributed by atoms with Crippen molar-refractivity contribution in [2.45, 2.75) is 20.8 Å². The molecule has 0 aliphatic rings. The van der Waals surface area contributed by atoms with Crippen molar-refractivity contribution < 1.29 is 19.2 Å². The van der Waals surface area contributed by atoms with Crippen LogP contribution < -0.4 is 5.48 Å². The molecule has 13 heavy (non-hydrogen) atoms. The van der Waals surface area contributed by atoms with Gasteiger partial charge in [0, 0.05) is 5.57 Å². The SMILES string of the molecule is CC=C(C)C(=O)ONC(=O)OCC. The van der Waals surface area contributed by atoms with E-state index in [1.54, 1.807) is 26.8 Å². The summed E-state index contributed by atoms with van der Waals surface area (Å²) in [5.74, 6) is -0.601. The molecule has 74 valence electrons.